The molecule has 0 atom stereocenters. The summed E-state index contributed by atoms with van der Waals surface area (Å²) in [6.07, 6.45) is 6.08. The highest BCUT2D eigenvalue weighted by atomic mass is 16.5. The maximum Gasteiger partial charge on any atom is 0.166 e. The van der Waals surface area contributed by atoms with Crippen LogP contribution in [0.1, 0.15) is 43.2 Å². The Morgan fingerprint density at radius 3 is 2.29 bits per heavy atom. The molecule has 0 heterocycles. The zero-order chi connectivity index (χ0) is 15.3. The van der Waals surface area contributed by atoms with Gasteiger partial charge in [-0.05, 0) is 30.5 Å². The Kier molecular flexibility index (Phi) is 5.48. The van der Waals surface area contributed by atoms with Crippen molar-refractivity contribution in [1.29, 1.82) is 0 Å². The highest BCUT2D eigenvalue weighted by Gasteiger charge is 2.34. The second-order valence-electron chi connectivity index (χ2n) is 5.85. The minimum atomic E-state index is 0.0697. The van der Waals surface area contributed by atoms with Gasteiger partial charge in [0.1, 0.15) is 0 Å². The largest absolute Gasteiger partial charge is 0.493 e. The first-order valence-corrected chi connectivity index (χ1v) is 7.65. The summed E-state index contributed by atoms with van der Waals surface area (Å²) in [5.74, 6) is 1.52. The first kappa shape index (κ1) is 16.1. The Balaban J connectivity index is 2.49. The predicted octanol–water partition coefficient (Wildman–Crippen LogP) is 3.01. The van der Waals surface area contributed by atoms with Crippen molar-refractivity contribution in [3.63, 3.8) is 0 Å². The van der Waals surface area contributed by atoms with Gasteiger partial charge >= 0.3 is 0 Å². The lowest BCUT2D eigenvalue weighted by atomic mass is 9.69. The molecule has 0 aromatic heterocycles. The van der Waals surface area contributed by atoms with E-state index in [2.05, 4.69) is 12.1 Å². The molecule has 21 heavy (non-hydrogen) atoms. The number of rotatable bonds is 6. The van der Waals surface area contributed by atoms with Crippen molar-refractivity contribution in [3.05, 3.63) is 23.3 Å². The molecule has 2 rings (SSSR count). The topological polar surface area (TPSA) is 53.7 Å². The maximum absolute atomic E-state index is 6.15. The molecule has 1 aliphatic carbocycles. The summed E-state index contributed by atoms with van der Waals surface area (Å²) < 4.78 is 16.3. The normalized spacial score (nSPS) is 17.5. The SMILES string of the molecule is COCc1cc(C2(CN)CCCCC2)cc(OC)c1OC. The fourth-order valence-corrected chi connectivity index (χ4v) is 3.45. The lowest BCUT2D eigenvalue weighted by Gasteiger charge is -2.37. The van der Waals surface area contributed by atoms with Crippen LogP contribution in [-0.2, 0) is 16.8 Å². The van der Waals surface area contributed by atoms with Gasteiger partial charge in [0.2, 0.25) is 0 Å². The summed E-state index contributed by atoms with van der Waals surface area (Å²) in [5, 5.41) is 0. The third-order valence-electron chi connectivity index (χ3n) is 4.67. The van der Waals surface area contributed by atoms with Crippen LogP contribution in [-0.4, -0.2) is 27.9 Å². The van der Waals surface area contributed by atoms with Crippen LogP contribution in [0.4, 0.5) is 0 Å². The molecule has 4 heteroatoms. The lowest BCUT2D eigenvalue weighted by Crippen LogP contribution is -2.37. The number of hydrogen-bond acceptors (Lipinski definition) is 4. The van der Waals surface area contributed by atoms with Crippen molar-refractivity contribution in [1.82, 2.24) is 0 Å². The molecule has 2 N–H and O–H groups in total. The standard InChI is InChI=1S/C17H27NO3/c1-19-11-13-9-14(10-15(20-2)16(13)21-3)17(12-18)7-5-4-6-8-17/h9-10H,4-8,11-12,18H2,1-3H3. The van der Waals surface area contributed by atoms with Gasteiger partial charge in [0.25, 0.3) is 0 Å². The third-order valence-corrected chi connectivity index (χ3v) is 4.67. The molecule has 1 aromatic carbocycles. The van der Waals surface area contributed by atoms with Crippen molar-refractivity contribution in [3.8, 4) is 11.5 Å². The van der Waals surface area contributed by atoms with Gasteiger partial charge in [-0.15, -0.1) is 0 Å². The highest BCUT2D eigenvalue weighted by molar-refractivity contribution is 5.51. The van der Waals surface area contributed by atoms with Crippen molar-refractivity contribution < 1.29 is 14.2 Å². The van der Waals surface area contributed by atoms with Gasteiger partial charge in [-0.3, -0.25) is 0 Å². The number of hydrogen-bond donors (Lipinski definition) is 1. The van der Waals surface area contributed by atoms with Gasteiger partial charge in [-0.25, -0.2) is 0 Å². The first-order valence-electron chi connectivity index (χ1n) is 7.65. The minimum Gasteiger partial charge on any atom is -0.493 e. The van der Waals surface area contributed by atoms with Crippen LogP contribution in [0.5, 0.6) is 11.5 Å². The van der Waals surface area contributed by atoms with E-state index >= 15 is 0 Å². The molecule has 0 aliphatic heterocycles. The minimum absolute atomic E-state index is 0.0697. The molecule has 0 amide bonds. The van der Waals surface area contributed by atoms with Gasteiger partial charge in [-0.1, -0.05) is 19.3 Å². The van der Waals surface area contributed by atoms with Crippen molar-refractivity contribution in [2.45, 2.75) is 44.1 Å². The molecular weight excluding hydrogens is 266 g/mol. The monoisotopic (exact) mass is 293 g/mol. The number of ether oxygens (including phenoxy) is 3. The van der Waals surface area contributed by atoms with Gasteiger partial charge in [0, 0.05) is 24.6 Å². The van der Waals surface area contributed by atoms with Crippen molar-refractivity contribution in [2.24, 2.45) is 5.73 Å². The maximum atomic E-state index is 6.15. The summed E-state index contributed by atoms with van der Waals surface area (Å²) in [5.41, 5.74) is 8.50. The van der Waals surface area contributed by atoms with Gasteiger partial charge in [0.15, 0.2) is 11.5 Å². The van der Waals surface area contributed by atoms with Gasteiger partial charge in [0.05, 0.1) is 20.8 Å². The zero-order valence-electron chi connectivity index (χ0n) is 13.4. The Bertz CT molecular complexity index is 467. The molecular formula is C17H27NO3. The molecule has 0 unspecified atom stereocenters. The molecule has 1 fully saturated rings. The molecule has 0 spiro atoms. The average Bonchev–Trinajstić information content (AvgIpc) is 2.55. The van der Waals surface area contributed by atoms with E-state index in [1.807, 2.05) is 0 Å². The Hall–Kier alpha value is -1.26. The highest BCUT2D eigenvalue weighted by Crippen LogP contribution is 2.43. The number of methoxy groups -OCH3 is 3. The average molecular weight is 293 g/mol. The van der Waals surface area contributed by atoms with Crippen LogP contribution in [0.3, 0.4) is 0 Å². The lowest BCUT2D eigenvalue weighted by molar-refractivity contribution is 0.180. The fraction of sp³-hybridized carbons (Fsp3) is 0.647. The quantitative estimate of drug-likeness (QED) is 0.876. The van der Waals surface area contributed by atoms with Crippen LogP contribution in [0.2, 0.25) is 0 Å². The molecule has 1 aromatic rings. The van der Waals surface area contributed by atoms with E-state index < -0.39 is 0 Å². The van der Waals surface area contributed by atoms with E-state index in [0.717, 1.165) is 29.9 Å². The summed E-state index contributed by atoms with van der Waals surface area (Å²) in [4.78, 5) is 0. The molecule has 0 radical (unpaired) electrons. The molecule has 0 bridgehead atoms. The van der Waals surface area contributed by atoms with E-state index in [9.17, 15) is 0 Å². The third kappa shape index (κ3) is 3.16. The zero-order valence-corrected chi connectivity index (χ0v) is 13.4. The van der Waals surface area contributed by atoms with E-state index in [-0.39, 0.29) is 5.41 Å². The Morgan fingerprint density at radius 1 is 1.05 bits per heavy atom. The van der Waals surface area contributed by atoms with Crippen LogP contribution < -0.4 is 15.2 Å². The van der Waals surface area contributed by atoms with Crippen molar-refractivity contribution in [2.75, 3.05) is 27.9 Å². The van der Waals surface area contributed by atoms with Gasteiger partial charge < -0.3 is 19.9 Å². The second-order valence-corrected chi connectivity index (χ2v) is 5.85. The molecule has 0 saturated heterocycles. The molecule has 1 saturated carbocycles. The predicted molar refractivity (Wildman–Crippen MR) is 84.1 cm³/mol. The summed E-state index contributed by atoms with van der Waals surface area (Å²) in [6, 6.07) is 4.28. The Labute approximate surface area is 127 Å². The van der Waals surface area contributed by atoms with Crippen LogP contribution in [0, 0.1) is 0 Å². The van der Waals surface area contributed by atoms with Crippen LogP contribution in [0.15, 0.2) is 12.1 Å². The summed E-state index contributed by atoms with van der Waals surface area (Å²) in [7, 11) is 5.03. The van der Waals surface area contributed by atoms with Crippen molar-refractivity contribution >= 4 is 0 Å². The fourth-order valence-electron chi connectivity index (χ4n) is 3.45. The number of nitrogens with two attached hydrogens (primary N) is 1. The molecule has 4 nitrogen and oxygen atoms in total. The van der Waals surface area contributed by atoms with E-state index in [0.29, 0.717) is 13.2 Å². The molecule has 1 aliphatic rings. The summed E-state index contributed by atoms with van der Waals surface area (Å²) >= 11 is 0. The second kappa shape index (κ2) is 7.14. The van der Waals surface area contributed by atoms with E-state index in [4.69, 9.17) is 19.9 Å². The van der Waals surface area contributed by atoms with E-state index in [1.165, 1.54) is 24.8 Å². The van der Waals surface area contributed by atoms with Crippen LogP contribution in [0.25, 0.3) is 0 Å². The van der Waals surface area contributed by atoms with Gasteiger partial charge in [-0.2, -0.15) is 0 Å². The smallest absolute Gasteiger partial charge is 0.166 e. The Morgan fingerprint density at radius 2 is 1.76 bits per heavy atom. The van der Waals surface area contributed by atoms with Crippen LogP contribution >= 0.6 is 0 Å². The molecule has 118 valence electrons. The van der Waals surface area contributed by atoms with E-state index in [1.54, 1.807) is 21.3 Å². The first-order chi connectivity index (χ1) is 10.2. The number of benzene rings is 1. The summed E-state index contributed by atoms with van der Waals surface area (Å²) in [6.45, 7) is 1.18.